The van der Waals surface area contributed by atoms with Crippen LogP contribution in [0, 0.1) is 13.8 Å². The fourth-order valence-corrected chi connectivity index (χ4v) is 5.51. The zero-order valence-electron chi connectivity index (χ0n) is 20.7. The number of rotatable bonds is 8. The summed E-state index contributed by atoms with van der Waals surface area (Å²) >= 11 is 6.14. The average molecular weight is 535 g/mol. The molecule has 0 aromatic heterocycles. The molecule has 0 unspecified atom stereocenters. The molecule has 37 heavy (non-hydrogen) atoms. The monoisotopic (exact) mass is 534 g/mol. The number of halogens is 1. The first-order chi connectivity index (χ1) is 17.7. The molecular formula is C29H27ClN2O4S. The SMILES string of the molecule is COc1ccc(C(=O)Nc2ccc(CN(c3ccc(C)c(C)c3)S(=O)(=O)c3ccccc3)cc2)cc1Cl. The van der Waals surface area contributed by atoms with Crippen molar-refractivity contribution in [1.82, 2.24) is 0 Å². The van der Waals surface area contributed by atoms with Crippen molar-refractivity contribution in [2.24, 2.45) is 0 Å². The average Bonchev–Trinajstić information content (AvgIpc) is 2.90. The quantitative estimate of drug-likeness (QED) is 0.276. The molecule has 0 fully saturated rings. The Morgan fingerprint density at radius 2 is 1.59 bits per heavy atom. The molecule has 0 heterocycles. The van der Waals surface area contributed by atoms with Crippen LogP contribution in [0.4, 0.5) is 11.4 Å². The van der Waals surface area contributed by atoms with Crippen LogP contribution in [0.3, 0.4) is 0 Å². The van der Waals surface area contributed by atoms with Gasteiger partial charge >= 0.3 is 0 Å². The van der Waals surface area contributed by atoms with E-state index in [0.717, 1.165) is 16.7 Å². The lowest BCUT2D eigenvalue weighted by Crippen LogP contribution is -2.30. The minimum atomic E-state index is -3.82. The van der Waals surface area contributed by atoms with E-state index in [9.17, 15) is 13.2 Å². The maximum Gasteiger partial charge on any atom is 0.264 e. The second-order valence-electron chi connectivity index (χ2n) is 8.59. The molecule has 0 aliphatic rings. The topological polar surface area (TPSA) is 75.7 Å². The number of anilines is 2. The highest BCUT2D eigenvalue weighted by molar-refractivity contribution is 7.92. The van der Waals surface area contributed by atoms with Crippen molar-refractivity contribution in [2.45, 2.75) is 25.3 Å². The number of benzene rings is 4. The van der Waals surface area contributed by atoms with Gasteiger partial charge in [0.05, 0.1) is 29.3 Å². The summed E-state index contributed by atoms with van der Waals surface area (Å²) in [5.74, 6) is 0.169. The lowest BCUT2D eigenvalue weighted by atomic mass is 10.1. The van der Waals surface area contributed by atoms with E-state index in [1.54, 1.807) is 72.8 Å². The second-order valence-corrected chi connectivity index (χ2v) is 10.9. The molecule has 0 bridgehead atoms. The Labute approximate surface area is 222 Å². The Hall–Kier alpha value is -3.81. The molecule has 4 aromatic rings. The number of methoxy groups -OCH3 is 1. The number of hydrogen-bond acceptors (Lipinski definition) is 4. The first kappa shape index (κ1) is 26.3. The van der Waals surface area contributed by atoms with Crippen molar-refractivity contribution >= 4 is 38.9 Å². The van der Waals surface area contributed by atoms with Crippen molar-refractivity contribution in [3.8, 4) is 5.75 Å². The van der Waals surface area contributed by atoms with Crippen molar-refractivity contribution in [1.29, 1.82) is 0 Å². The molecule has 1 N–H and O–H groups in total. The number of nitrogens with one attached hydrogen (secondary N) is 1. The van der Waals surface area contributed by atoms with Gasteiger partial charge in [0.1, 0.15) is 5.75 Å². The third-order valence-corrected chi connectivity index (χ3v) is 8.15. The molecule has 0 saturated carbocycles. The van der Waals surface area contributed by atoms with Gasteiger partial charge in [-0.15, -0.1) is 0 Å². The molecule has 0 saturated heterocycles. The summed E-state index contributed by atoms with van der Waals surface area (Å²) in [4.78, 5) is 12.9. The van der Waals surface area contributed by atoms with Crippen LogP contribution in [-0.2, 0) is 16.6 Å². The van der Waals surface area contributed by atoms with Crippen LogP contribution >= 0.6 is 11.6 Å². The molecule has 0 atom stereocenters. The maximum atomic E-state index is 13.6. The molecule has 6 nitrogen and oxygen atoms in total. The Bertz CT molecular complexity index is 1520. The smallest absolute Gasteiger partial charge is 0.264 e. The maximum absolute atomic E-state index is 13.6. The summed E-state index contributed by atoms with van der Waals surface area (Å²) in [5.41, 5.74) is 4.40. The van der Waals surface area contributed by atoms with Crippen LogP contribution in [0.5, 0.6) is 5.75 Å². The van der Waals surface area contributed by atoms with Gasteiger partial charge in [-0.3, -0.25) is 9.10 Å². The van der Waals surface area contributed by atoms with Crippen LogP contribution < -0.4 is 14.4 Å². The van der Waals surface area contributed by atoms with Crippen molar-refractivity contribution in [3.05, 3.63) is 118 Å². The van der Waals surface area contributed by atoms with Gasteiger partial charge in [-0.05, 0) is 85.1 Å². The third-order valence-electron chi connectivity index (χ3n) is 6.06. The molecule has 1 amide bonds. The van der Waals surface area contributed by atoms with Crippen LogP contribution in [0.25, 0.3) is 0 Å². The molecule has 0 aliphatic heterocycles. The molecule has 4 rings (SSSR count). The van der Waals surface area contributed by atoms with Gasteiger partial charge in [0.25, 0.3) is 15.9 Å². The number of sulfonamides is 1. The van der Waals surface area contributed by atoms with Crippen molar-refractivity contribution in [3.63, 3.8) is 0 Å². The van der Waals surface area contributed by atoms with E-state index in [0.29, 0.717) is 27.7 Å². The molecule has 0 radical (unpaired) electrons. The fourth-order valence-electron chi connectivity index (χ4n) is 3.79. The number of carbonyl (C=O) groups excluding carboxylic acids is 1. The van der Waals surface area contributed by atoms with Gasteiger partial charge in [-0.1, -0.05) is 48.0 Å². The molecule has 190 valence electrons. The van der Waals surface area contributed by atoms with E-state index in [1.807, 2.05) is 32.0 Å². The van der Waals surface area contributed by atoms with Gasteiger partial charge < -0.3 is 10.1 Å². The lowest BCUT2D eigenvalue weighted by molar-refractivity contribution is 0.102. The van der Waals surface area contributed by atoms with Crippen molar-refractivity contribution in [2.75, 3.05) is 16.7 Å². The van der Waals surface area contributed by atoms with Crippen molar-refractivity contribution < 1.29 is 17.9 Å². The molecule has 0 spiro atoms. The number of aryl methyl sites for hydroxylation is 2. The van der Waals surface area contributed by atoms with Gasteiger partial charge in [0.15, 0.2) is 0 Å². The summed E-state index contributed by atoms with van der Waals surface area (Å²) < 4.78 is 33.8. The lowest BCUT2D eigenvalue weighted by Gasteiger charge is -2.25. The first-order valence-corrected chi connectivity index (χ1v) is 13.4. The van der Waals surface area contributed by atoms with Crippen LogP contribution in [-0.4, -0.2) is 21.4 Å². The zero-order chi connectivity index (χ0) is 26.6. The normalized spacial score (nSPS) is 11.1. The van der Waals surface area contributed by atoms with Gasteiger partial charge in [0.2, 0.25) is 0 Å². The Kier molecular flexibility index (Phi) is 7.86. The Balaban J connectivity index is 1.58. The standard InChI is InChI=1S/C29H27ClN2O4S/c1-20-9-15-25(17-21(20)2)32(37(34,35)26-7-5-4-6-8-26)19-22-10-13-24(14-11-22)31-29(33)23-12-16-28(36-3)27(30)18-23/h4-18H,19H2,1-3H3,(H,31,33). The van der Waals surface area contributed by atoms with E-state index in [1.165, 1.54) is 11.4 Å². The van der Waals surface area contributed by atoms with Gasteiger partial charge in [0, 0.05) is 11.3 Å². The summed E-state index contributed by atoms with van der Waals surface area (Å²) in [5, 5.41) is 3.18. The number of hydrogen-bond donors (Lipinski definition) is 1. The van der Waals surface area contributed by atoms with Crippen LogP contribution in [0.1, 0.15) is 27.0 Å². The number of ether oxygens (including phenoxy) is 1. The minimum Gasteiger partial charge on any atom is -0.495 e. The van der Waals surface area contributed by atoms with E-state index < -0.39 is 10.0 Å². The van der Waals surface area contributed by atoms with E-state index in [-0.39, 0.29) is 17.3 Å². The third kappa shape index (κ3) is 5.96. The van der Waals surface area contributed by atoms with E-state index in [2.05, 4.69) is 5.32 Å². The molecule has 8 heteroatoms. The Morgan fingerprint density at radius 1 is 0.892 bits per heavy atom. The number of nitrogens with zero attached hydrogens (tertiary/aromatic N) is 1. The summed E-state index contributed by atoms with van der Waals surface area (Å²) in [7, 11) is -2.31. The highest BCUT2D eigenvalue weighted by Gasteiger charge is 2.25. The minimum absolute atomic E-state index is 0.127. The zero-order valence-corrected chi connectivity index (χ0v) is 22.3. The van der Waals surface area contributed by atoms with E-state index in [4.69, 9.17) is 16.3 Å². The largest absolute Gasteiger partial charge is 0.495 e. The van der Waals surface area contributed by atoms with Gasteiger partial charge in [-0.25, -0.2) is 8.42 Å². The highest BCUT2D eigenvalue weighted by atomic mass is 35.5. The fraction of sp³-hybridized carbons (Fsp3) is 0.138. The predicted molar refractivity (Wildman–Crippen MR) is 148 cm³/mol. The molecular weight excluding hydrogens is 508 g/mol. The van der Waals surface area contributed by atoms with Gasteiger partial charge in [-0.2, -0.15) is 0 Å². The molecule has 4 aromatic carbocycles. The van der Waals surface area contributed by atoms with Crippen LogP contribution in [0.15, 0.2) is 95.9 Å². The van der Waals surface area contributed by atoms with Crippen LogP contribution in [0.2, 0.25) is 5.02 Å². The summed E-state index contributed by atoms with van der Waals surface area (Å²) in [6.07, 6.45) is 0. The predicted octanol–water partition coefficient (Wildman–Crippen LogP) is 6.61. The first-order valence-electron chi connectivity index (χ1n) is 11.6. The number of amides is 1. The second kappa shape index (κ2) is 11.1. The Morgan fingerprint density at radius 3 is 2.22 bits per heavy atom. The molecule has 0 aliphatic carbocycles. The highest BCUT2D eigenvalue weighted by Crippen LogP contribution is 2.29. The number of carbonyl (C=O) groups is 1. The summed E-state index contributed by atoms with van der Waals surface area (Å²) in [6.45, 7) is 4.07. The van der Waals surface area contributed by atoms with E-state index >= 15 is 0 Å². The summed E-state index contributed by atoms with van der Waals surface area (Å²) in [6, 6.07) is 25.9.